The molecule has 0 aromatic rings. The first kappa shape index (κ1) is 12.8. The summed E-state index contributed by atoms with van der Waals surface area (Å²) in [5, 5.41) is 8.93. The second-order valence-corrected chi connectivity index (χ2v) is 3.76. The van der Waals surface area contributed by atoms with Gasteiger partial charge in [0.2, 0.25) is 0 Å². The van der Waals surface area contributed by atoms with E-state index in [4.69, 9.17) is 9.84 Å². The molecule has 1 aliphatic heterocycles. The van der Waals surface area contributed by atoms with Crippen molar-refractivity contribution in [3.05, 3.63) is 0 Å². The van der Waals surface area contributed by atoms with Crippen molar-refractivity contribution in [1.29, 1.82) is 0 Å². The molecule has 0 saturated carbocycles. The van der Waals surface area contributed by atoms with Crippen LogP contribution in [0.5, 0.6) is 0 Å². The van der Waals surface area contributed by atoms with Gasteiger partial charge in [-0.05, 0) is 12.8 Å². The SMILES string of the molecule is COC(=O)C(C[C@@H]1CCCN1C(=O)O)OC. The van der Waals surface area contributed by atoms with Crippen LogP contribution in [0.3, 0.4) is 0 Å². The van der Waals surface area contributed by atoms with Gasteiger partial charge in [0, 0.05) is 26.1 Å². The van der Waals surface area contributed by atoms with Gasteiger partial charge < -0.3 is 19.5 Å². The Bertz CT molecular complexity index is 268. The maximum Gasteiger partial charge on any atom is 0.407 e. The zero-order valence-electron chi connectivity index (χ0n) is 9.51. The molecule has 2 atom stereocenters. The van der Waals surface area contributed by atoms with Gasteiger partial charge in [0.1, 0.15) is 0 Å². The summed E-state index contributed by atoms with van der Waals surface area (Å²) in [6.07, 6.45) is 0.324. The summed E-state index contributed by atoms with van der Waals surface area (Å²) in [5.74, 6) is -0.459. The lowest BCUT2D eigenvalue weighted by atomic mass is 10.1. The molecular formula is C10H17NO5. The fraction of sp³-hybridized carbons (Fsp3) is 0.800. The maximum absolute atomic E-state index is 11.3. The molecule has 6 nitrogen and oxygen atoms in total. The van der Waals surface area contributed by atoms with E-state index in [9.17, 15) is 9.59 Å². The Morgan fingerprint density at radius 1 is 1.50 bits per heavy atom. The molecule has 1 amide bonds. The number of hydrogen-bond donors (Lipinski definition) is 1. The molecule has 0 spiro atoms. The second kappa shape index (κ2) is 5.69. The van der Waals surface area contributed by atoms with Crippen LogP contribution in [-0.2, 0) is 14.3 Å². The Kier molecular flexibility index (Phi) is 4.54. The predicted octanol–water partition coefficient (Wildman–Crippen LogP) is 0.707. The van der Waals surface area contributed by atoms with Crippen molar-refractivity contribution in [3.8, 4) is 0 Å². The number of methoxy groups -OCH3 is 2. The molecule has 1 N–H and O–H groups in total. The molecule has 6 heteroatoms. The molecule has 0 bridgehead atoms. The Labute approximate surface area is 94.1 Å². The molecule has 1 aliphatic rings. The van der Waals surface area contributed by atoms with Gasteiger partial charge in [0.05, 0.1) is 7.11 Å². The number of carbonyl (C=O) groups excluding carboxylic acids is 1. The lowest BCUT2D eigenvalue weighted by Gasteiger charge is -2.24. The largest absolute Gasteiger partial charge is 0.467 e. The van der Waals surface area contributed by atoms with Gasteiger partial charge in [-0.3, -0.25) is 0 Å². The van der Waals surface area contributed by atoms with E-state index >= 15 is 0 Å². The number of nitrogens with zero attached hydrogens (tertiary/aromatic N) is 1. The van der Waals surface area contributed by atoms with E-state index < -0.39 is 18.2 Å². The van der Waals surface area contributed by atoms with Crippen LogP contribution >= 0.6 is 0 Å². The van der Waals surface area contributed by atoms with E-state index in [0.29, 0.717) is 13.0 Å². The fourth-order valence-corrected chi connectivity index (χ4v) is 2.00. The summed E-state index contributed by atoms with van der Waals surface area (Å²) >= 11 is 0. The van der Waals surface area contributed by atoms with Crippen molar-refractivity contribution in [2.24, 2.45) is 0 Å². The van der Waals surface area contributed by atoms with E-state index in [0.717, 1.165) is 12.8 Å². The Morgan fingerprint density at radius 3 is 2.69 bits per heavy atom. The van der Waals surface area contributed by atoms with Crippen LogP contribution in [0.2, 0.25) is 0 Å². The molecule has 1 unspecified atom stereocenters. The smallest absolute Gasteiger partial charge is 0.407 e. The highest BCUT2D eigenvalue weighted by Gasteiger charge is 2.33. The zero-order valence-corrected chi connectivity index (χ0v) is 9.51. The third-order valence-corrected chi connectivity index (χ3v) is 2.86. The number of likely N-dealkylation sites (tertiary alicyclic amines) is 1. The summed E-state index contributed by atoms with van der Waals surface area (Å²) in [6.45, 7) is 0.525. The molecule has 1 heterocycles. The molecular weight excluding hydrogens is 214 g/mol. The van der Waals surface area contributed by atoms with E-state index in [1.807, 2.05) is 0 Å². The minimum Gasteiger partial charge on any atom is -0.467 e. The lowest BCUT2D eigenvalue weighted by Crippen LogP contribution is -2.39. The van der Waals surface area contributed by atoms with E-state index in [1.54, 1.807) is 0 Å². The number of carboxylic acid groups (broad SMARTS) is 1. The van der Waals surface area contributed by atoms with Crippen molar-refractivity contribution in [2.45, 2.75) is 31.4 Å². The monoisotopic (exact) mass is 231 g/mol. The zero-order chi connectivity index (χ0) is 12.1. The highest BCUT2D eigenvalue weighted by atomic mass is 16.6. The highest BCUT2D eigenvalue weighted by molar-refractivity contribution is 5.74. The van der Waals surface area contributed by atoms with E-state index in [-0.39, 0.29) is 6.04 Å². The minimum absolute atomic E-state index is 0.151. The number of amides is 1. The van der Waals surface area contributed by atoms with Gasteiger partial charge in [0.15, 0.2) is 6.10 Å². The van der Waals surface area contributed by atoms with Gasteiger partial charge >= 0.3 is 12.1 Å². The Morgan fingerprint density at radius 2 is 2.19 bits per heavy atom. The van der Waals surface area contributed by atoms with E-state index in [2.05, 4.69) is 4.74 Å². The van der Waals surface area contributed by atoms with Crippen LogP contribution < -0.4 is 0 Å². The van der Waals surface area contributed by atoms with Crippen LogP contribution in [0.4, 0.5) is 4.79 Å². The first-order valence-electron chi connectivity index (χ1n) is 5.20. The number of hydrogen-bond acceptors (Lipinski definition) is 4. The summed E-state index contributed by atoms with van der Waals surface area (Å²) in [5.41, 5.74) is 0. The molecule has 1 rings (SSSR count). The van der Waals surface area contributed by atoms with Gasteiger partial charge in [-0.2, -0.15) is 0 Å². The average molecular weight is 231 g/mol. The molecule has 1 saturated heterocycles. The third kappa shape index (κ3) is 2.85. The molecule has 0 aliphatic carbocycles. The summed E-state index contributed by atoms with van der Waals surface area (Å²) in [6, 6.07) is -0.151. The second-order valence-electron chi connectivity index (χ2n) is 3.76. The third-order valence-electron chi connectivity index (χ3n) is 2.86. The summed E-state index contributed by atoms with van der Waals surface area (Å²) in [4.78, 5) is 23.5. The Balaban J connectivity index is 2.57. The number of rotatable bonds is 4. The van der Waals surface area contributed by atoms with Gasteiger partial charge in [0.25, 0.3) is 0 Å². The number of ether oxygens (including phenoxy) is 2. The van der Waals surface area contributed by atoms with Crippen molar-refractivity contribution in [2.75, 3.05) is 20.8 Å². The van der Waals surface area contributed by atoms with Crippen LogP contribution in [0.25, 0.3) is 0 Å². The van der Waals surface area contributed by atoms with Crippen LogP contribution in [0.15, 0.2) is 0 Å². The lowest BCUT2D eigenvalue weighted by molar-refractivity contribution is -0.153. The topological polar surface area (TPSA) is 76.1 Å². The summed E-state index contributed by atoms with van der Waals surface area (Å²) < 4.78 is 9.58. The number of esters is 1. The van der Waals surface area contributed by atoms with Crippen molar-refractivity contribution < 1.29 is 24.2 Å². The minimum atomic E-state index is -0.942. The molecule has 0 radical (unpaired) electrons. The predicted molar refractivity (Wildman–Crippen MR) is 55.2 cm³/mol. The first-order chi connectivity index (χ1) is 7.60. The summed E-state index contributed by atoms with van der Waals surface area (Å²) in [7, 11) is 2.71. The van der Waals surface area contributed by atoms with Crippen molar-refractivity contribution in [3.63, 3.8) is 0 Å². The Hall–Kier alpha value is -1.30. The van der Waals surface area contributed by atoms with E-state index in [1.165, 1.54) is 19.1 Å². The quantitative estimate of drug-likeness (QED) is 0.721. The average Bonchev–Trinajstić information content (AvgIpc) is 2.72. The van der Waals surface area contributed by atoms with Gasteiger partial charge in [-0.15, -0.1) is 0 Å². The first-order valence-corrected chi connectivity index (χ1v) is 5.20. The van der Waals surface area contributed by atoms with Gasteiger partial charge in [-0.25, -0.2) is 9.59 Å². The molecule has 0 aromatic heterocycles. The number of carbonyl (C=O) groups is 2. The van der Waals surface area contributed by atoms with Crippen molar-refractivity contribution >= 4 is 12.1 Å². The van der Waals surface area contributed by atoms with Gasteiger partial charge in [-0.1, -0.05) is 0 Å². The molecule has 1 fully saturated rings. The van der Waals surface area contributed by atoms with Crippen LogP contribution in [0.1, 0.15) is 19.3 Å². The van der Waals surface area contributed by atoms with Crippen molar-refractivity contribution in [1.82, 2.24) is 4.90 Å². The molecule has 0 aromatic carbocycles. The maximum atomic E-state index is 11.3. The fourth-order valence-electron chi connectivity index (χ4n) is 2.00. The van der Waals surface area contributed by atoms with Crippen LogP contribution in [0, 0.1) is 0 Å². The highest BCUT2D eigenvalue weighted by Crippen LogP contribution is 2.22. The normalized spacial score (nSPS) is 21.9. The molecule has 92 valence electrons. The standard InChI is InChI=1S/C10H17NO5/c1-15-8(9(12)16-2)6-7-4-3-5-11(7)10(13)14/h7-8H,3-6H2,1-2H3,(H,13,14)/t7-,8?/m0/s1. The van der Waals surface area contributed by atoms with Crippen LogP contribution in [-0.4, -0.2) is 55.0 Å². The molecule has 16 heavy (non-hydrogen) atoms.